The van der Waals surface area contributed by atoms with Crippen molar-refractivity contribution in [3.8, 4) is 11.5 Å². The molecule has 0 aliphatic rings. The van der Waals surface area contributed by atoms with Crippen LogP contribution >= 0.6 is 0 Å². The molecular formula is C27H27N5O3. The SMILES string of the molecule is CCOc1ccccc1N(C(=O)Oc1c(C)cccc1C)c1ccnc(Nc2cccc(N)c2)n1. The van der Waals surface area contributed by atoms with Crippen LogP contribution < -0.4 is 25.4 Å². The number of carbonyl (C=O) groups excluding carboxylic acids is 1. The Kier molecular flexibility index (Phi) is 7.11. The first-order valence-electron chi connectivity index (χ1n) is 11.2. The number of carbonyl (C=O) groups is 1. The number of hydrogen-bond acceptors (Lipinski definition) is 7. The normalized spacial score (nSPS) is 10.5. The summed E-state index contributed by atoms with van der Waals surface area (Å²) in [4.78, 5) is 23.9. The molecule has 8 heteroatoms. The van der Waals surface area contributed by atoms with Crippen LogP contribution in [0.5, 0.6) is 11.5 Å². The van der Waals surface area contributed by atoms with E-state index in [1.165, 1.54) is 4.90 Å². The number of aromatic nitrogens is 2. The molecule has 0 bridgehead atoms. The van der Waals surface area contributed by atoms with E-state index in [-0.39, 0.29) is 0 Å². The molecule has 3 N–H and O–H groups in total. The minimum Gasteiger partial charge on any atom is -0.492 e. The summed E-state index contributed by atoms with van der Waals surface area (Å²) in [5, 5.41) is 3.13. The van der Waals surface area contributed by atoms with Crippen LogP contribution in [0.4, 0.5) is 33.6 Å². The fourth-order valence-electron chi connectivity index (χ4n) is 3.61. The van der Waals surface area contributed by atoms with E-state index in [1.54, 1.807) is 36.5 Å². The number of amides is 1. The number of nitrogens with one attached hydrogen (secondary N) is 1. The van der Waals surface area contributed by atoms with Crippen LogP contribution in [0.2, 0.25) is 0 Å². The second-order valence-corrected chi connectivity index (χ2v) is 7.81. The number of nitrogens with zero attached hydrogens (tertiary/aromatic N) is 3. The van der Waals surface area contributed by atoms with E-state index in [1.807, 2.05) is 63.2 Å². The number of nitrogens with two attached hydrogens (primary N) is 1. The molecule has 4 rings (SSSR count). The van der Waals surface area contributed by atoms with Crippen molar-refractivity contribution in [1.82, 2.24) is 9.97 Å². The summed E-state index contributed by atoms with van der Waals surface area (Å²) < 4.78 is 11.7. The highest BCUT2D eigenvalue weighted by atomic mass is 16.6. The lowest BCUT2D eigenvalue weighted by atomic mass is 10.1. The van der Waals surface area contributed by atoms with Gasteiger partial charge in [0.25, 0.3) is 0 Å². The molecule has 0 fully saturated rings. The average molecular weight is 470 g/mol. The Morgan fingerprint density at radius 3 is 2.49 bits per heavy atom. The number of hydrogen-bond donors (Lipinski definition) is 2. The molecule has 0 spiro atoms. The zero-order chi connectivity index (χ0) is 24.8. The predicted molar refractivity (Wildman–Crippen MR) is 138 cm³/mol. The van der Waals surface area contributed by atoms with Gasteiger partial charge < -0.3 is 20.5 Å². The molecule has 1 amide bonds. The third kappa shape index (κ3) is 5.50. The Labute approximate surface area is 204 Å². The minimum atomic E-state index is -0.622. The van der Waals surface area contributed by atoms with E-state index in [0.29, 0.717) is 41.2 Å². The van der Waals surface area contributed by atoms with E-state index < -0.39 is 6.09 Å². The molecule has 0 saturated heterocycles. The van der Waals surface area contributed by atoms with Gasteiger partial charge in [-0.15, -0.1) is 0 Å². The summed E-state index contributed by atoms with van der Waals surface area (Å²) >= 11 is 0. The van der Waals surface area contributed by atoms with Crippen molar-refractivity contribution in [2.24, 2.45) is 0 Å². The minimum absolute atomic E-state index is 0.298. The Hall–Kier alpha value is -4.59. The van der Waals surface area contributed by atoms with Gasteiger partial charge in [0.1, 0.15) is 17.3 Å². The summed E-state index contributed by atoms with van der Waals surface area (Å²) in [6, 6.07) is 21.8. The lowest BCUT2D eigenvalue weighted by molar-refractivity contribution is 0.209. The first kappa shape index (κ1) is 23.6. The summed E-state index contributed by atoms with van der Waals surface area (Å²) in [5.74, 6) is 1.64. The maximum absolute atomic E-state index is 13.6. The average Bonchev–Trinajstić information content (AvgIpc) is 2.83. The lowest BCUT2D eigenvalue weighted by Gasteiger charge is -2.24. The molecule has 0 atom stereocenters. The second-order valence-electron chi connectivity index (χ2n) is 7.81. The van der Waals surface area contributed by atoms with Crippen LogP contribution in [0.25, 0.3) is 0 Å². The molecule has 8 nitrogen and oxygen atoms in total. The molecule has 0 aliphatic carbocycles. The van der Waals surface area contributed by atoms with Crippen molar-refractivity contribution >= 4 is 34.9 Å². The Morgan fingerprint density at radius 2 is 1.74 bits per heavy atom. The van der Waals surface area contributed by atoms with Gasteiger partial charge in [0.2, 0.25) is 5.95 Å². The molecular weight excluding hydrogens is 442 g/mol. The Balaban J connectivity index is 1.76. The van der Waals surface area contributed by atoms with Crippen LogP contribution in [-0.2, 0) is 0 Å². The molecule has 35 heavy (non-hydrogen) atoms. The Bertz CT molecular complexity index is 1320. The van der Waals surface area contributed by atoms with Crippen molar-refractivity contribution in [2.45, 2.75) is 20.8 Å². The zero-order valence-corrected chi connectivity index (χ0v) is 19.9. The molecule has 1 heterocycles. The van der Waals surface area contributed by atoms with Gasteiger partial charge >= 0.3 is 6.09 Å². The molecule has 3 aromatic carbocycles. The van der Waals surface area contributed by atoms with Crippen molar-refractivity contribution in [2.75, 3.05) is 22.6 Å². The van der Waals surface area contributed by atoms with Gasteiger partial charge in [0.15, 0.2) is 0 Å². The molecule has 178 valence electrons. The number of ether oxygens (including phenoxy) is 2. The van der Waals surface area contributed by atoms with Crippen molar-refractivity contribution in [1.29, 1.82) is 0 Å². The topological polar surface area (TPSA) is 103 Å². The molecule has 0 saturated carbocycles. The van der Waals surface area contributed by atoms with Gasteiger partial charge in [-0.05, 0) is 62.2 Å². The quantitative estimate of drug-likeness (QED) is 0.313. The third-order valence-electron chi connectivity index (χ3n) is 5.20. The van der Waals surface area contributed by atoms with Gasteiger partial charge in [-0.1, -0.05) is 36.4 Å². The standard InChI is InChI=1S/C27H27N5O3/c1-4-34-23-14-6-5-13-22(23)32(27(33)35-25-18(2)9-7-10-19(25)3)24-15-16-29-26(31-24)30-21-12-8-11-20(28)17-21/h5-17H,4,28H2,1-3H3,(H,29,30,31). The van der Waals surface area contributed by atoms with Gasteiger partial charge in [-0.3, -0.25) is 0 Å². The van der Waals surface area contributed by atoms with Crippen molar-refractivity contribution < 1.29 is 14.3 Å². The van der Waals surface area contributed by atoms with E-state index in [9.17, 15) is 4.79 Å². The lowest BCUT2D eigenvalue weighted by Crippen LogP contribution is -2.31. The van der Waals surface area contributed by atoms with Crippen molar-refractivity contribution in [3.05, 3.63) is 90.1 Å². The van der Waals surface area contributed by atoms with Crippen molar-refractivity contribution in [3.63, 3.8) is 0 Å². The number of aryl methyl sites for hydroxylation is 2. The first-order valence-corrected chi connectivity index (χ1v) is 11.2. The van der Waals surface area contributed by atoms with Crippen LogP contribution in [0.3, 0.4) is 0 Å². The summed E-state index contributed by atoms with van der Waals surface area (Å²) in [6.45, 7) is 6.11. The van der Waals surface area contributed by atoms with E-state index >= 15 is 0 Å². The zero-order valence-electron chi connectivity index (χ0n) is 19.9. The second kappa shape index (κ2) is 10.6. The fourth-order valence-corrected chi connectivity index (χ4v) is 3.61. The molecule has 4 aromatic rings. The van der Waals surface area contributed by atoms with Gasteiger partial charge in [0.05, 0.1) is 12.3 Å². The van der Waals surface area contributed by atoms with Crippen LogP contribution in [0, 0.1) is 13.8 Å². The number of rotatable bonds is 7. The fraction of sp³-hybridized carbons (Fsp3) is 0.148. The maximum Gasteiger partial charge on any atom is 0.425 e. The number of para-hydroxylation sites is 3. The summed E-state index contributed by atoms with van der Waals surface area (Å²) in [7, 11) is 0. The number of anilines is 5. The molecule has 0 unspecified atom stereocenters. The smallest absolute Gasteiger partial charge is 0.425 e. The largest absolute Gasteiger partial charge is 0.492 e. The van der Waals surface area contributed by atoms with Gasteiger partial charge in [-0.25, -0.2) is 14.7 Å². The summed E-state index contributed by atoms with van der Waals surface area (Å²) in [5.41, 5.74) is 9.41. The Morgan fingerprint density at radius 1 is 1.00 bits per heavy atom. The maximum atomic E-state index is 13.6. The third-order valence-corrected chi connectivity index (χ3v) is 5.20. The molecule has 0 aliphatic heterocycles. The monoisotopic (exact) mass is 469 g/mol. The van der Waals surface area contributed by atoms with E-state index in [0.717, 1.165) is 16.8 Å². The van der Waals surface area contributed by atoms with Gasteiger partial charge in [-0.2, -0.15) is 4.98 Å². The number of nitrogen functional groups attached to an aromatic ring is 1. The number of benzene rings is 3. The molecule has 0 radical (unpaired) electrons. The van der Waals surface area contributed by atoms with Crippen LogP contribution in [0.15, 0.2) is 79.0 Å². The van der Waals surface area contributed by atoms with E-state index in [2.05, 4.69) is 15.3 Å². The van der Waals surface area contributed by atoms with Crippen LogP contribution in [0.1, 0.15) is 18.1 Å². The van der Waals surface area contributed by atoms with Crippen LogP contribution in [-0.4, -0.2) is 22.7 Å². The molecule has 1 aromatic heterocycles. The highest BCUT2D eigenvalue weighted by Crippen LogP contribution is 2.35. The first-order chi connectivity index (χ1) is 17.0. The van der Waals surface area contributed by atoms with E-state index in [4.69, 9.17) is 15.2 Å². The highest BCUT2D eigenvalue weighted by Gasteiger charge is 2.26. The predicted octanol–water partition coefficient (Wildman–Crippen LogP) is 6.16. The highest BCUT2D eigenvalue weighted by molar-refractivity contribution is 5.98. The van der Waals surface area contributed by atoms with Gasteiger partial charge in [0, 0.05) is 23.6 Å². The summed E-state index contributed by atoms with van der Waals surface area (Å²) in [6.07, 6.45) is 0.947.